The van der Waals surface area contributed by atoms with Gasteiger partial charge in [-0.2, -0.15) is 0 Å². The van der Waals surface area contributed by atoms with Crippen LogP contribution in [0.15, 0.2) is 0 Å². The zero-order chi connectivity index (χ0) is 11.9. The van der Waals surface area contributed by atoms with Gasteiger partial charge in [0.15, 0.2) is 0 Å². The monoisotopic (exact) mass is 233 g/mol. The summed E-state index contributed by atoms with van der Waals surface area (Å²) in [6, 6.07) is 0. The van der Waals surface area contributed by atoms with Gasteiger partial charge in [-0.05, 0) is 13.3 Å². The average Bonchev–Trinajstić information content (AvgIpc) is 2.31. The third-order valence-corrected chi connectivity index (χ3v) is 1.87. The van der Waals surface area contributed by atoms with E-state index in [4.69, 9.17) is 18.9 Å². The summed E-state index contributed by atoms with van der Waals surface area (Å²) in [5.41, 5.74) is 0. The van der Waals surface area contributed by atoms with Gasteiger partial charge in [0.25, 0.3) is 0 Å². The Morgan fingerprint density at radius 2 is 1.50 bits per heavy atom. The summed E-state index contributed by atoms with van der Waals surface area (Å²) >= 11 is 0. The van der Waals surface area contributed by atoms with Gasteiger partial charge in [0.1, 0.15) is 6.61 Å². The van der Waals surface area contributed by atoms with E-state index in [-0.39, 0.29) is 0 Å². The highest BCUT2D eigenvalue weighted by molar-refractivity contribution is 4.47. The fourth-order valence-electron chi connectivity index (χ4n) is 0.973. The van der Waals surface area contributed by atoms with Crippen LogP contribution in [-0.2, 0) is 18.9 Å². The van der Waals surface area contributed by atoms with Gasteiger partial charge in [-0.25, -0.2) is 0 Å². The molecule has 97 valence electrons. The molecule has 0 aromatic carbocycles. The van der Waals surface area contributed by atoms with E-state index in [0.717, 1.165) is 26.1 Å². The van der Waals surface area contributed by atoms with E-state index in [1.54, 1.807) is 6.61 Å². The molecule has 0 aliphatic heterocycles. The number of ether oxygens (including phenoxy) is 4. The van der Waals surface area contributed by atoms with E-state index in [1.165, 1.54) is 0 Å². The first kappa shape index (κ1) is 15.8. The molecule has 0 bridgehead atoms. The van der Waals surface area contributed by atoms with Crippen molar-refractivity contribution in [3.05, 3.63) is 6.61 Å². The fraction of sp³-hybridized carbons (Fsp3) is 0.917. The van der Waals surface area contributed by atoms with Gasteiger partial charge >= 0.3 is 0 Å². The minimum atomic E-state index is 0.526. The van der Waals surface area contributed by atoms with Crippen molar-refractivity contribution in [1.82, 2.24) is 0 Å². The Morgan fingerprint density at radius 1 is 0.812 bits per heavy atom. The lowest BCUT2D eigenvalue weighted by Gasteiger charge is -2.06. The van der Waals surface area contributed by atoms with E-state index in [1.807, 2.05) is 6.92 Å². The van der Waals surface area contributed by atoms with Crippen LogP contribution in [0.2, 0.25) is 0 Å². The van der Waals surface area contributed by atoms with Gasteiger partial charge in [-0.3, -0.25) is 0 Å². The summed E-state index contributed by atoms with van der Waals surface area (Å²) in [5.74, 6) is 0. The van der Waals surface area contributed by atoms with Crippen molar-refractivity contribution in [2.75, 3.05) is 46.2 Å². The largest absolute Gasteiger partial charge is 0.379 e. The Bertz CT molecular complexity index is 106. The molecule has 0 unspecified atom stereocenters. The van der Waals surface area contributed by atoms with Crippen LogP contribution in [-0.4, -0.2) is 46.2 Å². The van der Waals surface area contributed by atoms with Crippen LogP contribution in [0.3, 0.4) is 0 Å². The molecule has 16 heavy (non-hydrogen) atoms. The molecular formula is C12H25O4. The molecule has 0 aromatic heterocycles. The first-order valence-corrected chi connectivity index (χ1v) is 6.08. The molecule has 4 heteroatoms. The minimum Gasteiger partial charge on any atom is -0.379 e. The molecule has 0 fully saturated rings. The second-order valence-electron chi connectivity index (χ2n) is 3.28. The summed E-state index contributed by atoms with van der Waals surface area (Å²) in [6.07, 6.45) is 2.25. The molecule has 0 aromatic rings. The van der Waals surface area contributed by atoms with Crippen molar-refractivity contribution in [2.45, 2.75) is 26.7 Å². The molecule has 1 radical (unpaired) electrons. The van der Waals surface area contributed by atoms with Crippen LogP contribution in [0.1, 0.15) is 26.7 Å². The highest BCUT2D eigenvalue weighted by Gasteiger charge is 1.92. The highest BCUT2D eigenvalue weighted by Crippen LogP contribution is 1.91. The van der Waals surface area contributed by atoms with E-state index in [2.05, 4.69) is 6.92 Å². The molecule has 0 saturated heterocycles. The quantitative estimate of drug-likeness (QED) is 0.456. The molecule has 0 rings (SSSR count). The van der Waals surface area contributed by atoms with E-state index in [9.17, 15) is 0 Å². The molecule has 0 spiro atoms. The summed E-state index contributed by atoms with van der Waals surface area (Å²) in [6.45, 7) is 10.4. The number of hydrogen-bond acceptors (Lipinski definition) is 4. The van der Waals surface area contributed by atoms with Gasteiger partial charge in [0, 0.05) is 13.2 Å². The SMILES string of the molecule is CCCCO[CH]COCCOCCOCC. The second kappa shape index (κ2) is 14.8. The third kappa shape index (κ3) is 13.8. The standard InChI is InChI=1S/C12H25O4/c1-3-5-6-14-9-10-16-12-11-15-8-7-13-4-2/h9H,3-8,10-12H2,1-2H3. The zero-order valence-electron chi connectivity index (χ0n) is 10.6. The van der Waals surface area contributed by atoms with E-state index in [0.29, 0.717) is 33.0 Å². The minimum absolute atomic E-state index is 0.526. The van der Waals surface area contributed by atoms with Crippen molar-refractivity contribution in [3.63, 3.8) is 0 Å². The lowest BCUT2D eigenvalue weighted by atomic mass is 10.4. The number of rotatable bonds is 13. The summed E-state index contributed by atoms with van der Waals surface area (Å²) in [4.78, 5) is 0. The van der Waals surface area contributed by atoms with E-state index < -0.39 is 0 Å². The molecule has 0 saturated carbocycles. The van der Waals surface area contributed by atoms with Crippen molar-refractivity contribution in [1.29, 1.82) is 0 Å². The molecule has 0 amide bonds. The first-order valence-electron chi connectivity index (χ1n) is 6.08. The maximum Gasteiger partial charge on any atom is 0.109 e. The van der Waals surface area contributed by atoms with Crippen LogP contribution in [0.4, 0.5) is 0 Å². The third-order valence-electron chi connectivity index (χ3n) is 1.87. The van der Waals surface area contributed by atoms with Crippen LogP contribution >= 0.6 is 0 Å². The maximum absolute atomic E-state index is 5.28. The van der Waals surface area contributed by atoms with Crippen molar-refractivity contribution < 1.29 is 18.9 Å². The lowest BCUT2D eigenvalue weighted by Crippen LogP contribution is -2.10. The smallest absolute Gasteiger partial charge is 0.109 e. The predicted molar refractivity (Wildman–Crippen MR) is 63.3 cm³/mol. The average molecular weight is 233 g/mol. The summed E-state index contributed by atoms with van der Waals surface area (Å²) in [7, 11) is 0. The first-order chi connectivity index (χ1) is 7.91. The van der Waals surface area contributed by atoms with Gasteiger partial charge in [-0.15, -0.1) is 0 Å². The predicted octanol–water partition coefficient (Wildman–Crippen LogP) is 2.03. The second-order valence-corrected chi connectivity index (χ2v) is 3.28. The summed E-state index contributed by atoms with van der Waals surface area (Å²) in [5, 5.41) is 0. The molecule has 0 aliphatic rings. The van der Waals surface area contributed by atoms with Gasteiger partial charge < -0.3 is 18.9 Å². The molecule has 4 nitrogen and oxygen atoms in total. The number of unbranched alkanes of at least 4 members (excludes halogenated alkanes) is 1. The molecule has 0 N–H and O–H groups in total. The zero-order valence-corrected chi connectivity index (χ0v) is 10.6. The Kier molecular flexibility index (Phi) is 14.7. The van der Waals surface area contributed by atoms with Crippen LogP contribution in [0.5, 0.6) is 0 Å². The molecule has 0 aliphatic carbocycles. The van der Waals surface area contributed by atoms with Gasteiger partial charge in [0.2, 0.25) is 0 Å². The Labute approximate surface area is 99.2 Å². The fourth-order valence-corrected chi connectivity index (χ4v) is 0.973. The Hall–Kier alpha value is -0.160. The topological polar surface area (TPSA) is 36.9 Å². The molecule has 0 heterocycles. The Balaban J connectivity index is 2.83. The number of hydrogen-bond donors (Lipinski definition) is 0. The lowest BCUT2D eigenvalue weighted by molar-refractivity contribution is 0.0120. The Morgan fingerprint density at radius 3 is 2.19 bits per heavy atom. The molecule has 0 atom stereocenters. The summed E-state index contributed by atoms with van der Waals surface area (Å²) < 4.78 is 20.9. The van der Waals surface area contributed by atoms with Crippen molar-refractivity contribution in [3.8, 4) is 0 Å². The van der Waals surface area contributed by atoms with Crippen molar-refractivity contribution in [2.24, 2.45) is 0 Å². The van der Waals surface area contributed by atoms with E-state index >= 15 is 0 Å². The normalized spacial score (nSPS) is 10.9. The molecular weight excluding hydrogens is 208 g/mol. The van der Waals surface area contributed by atoms with Gasteiger partial charge in [0.05, 0.1) is 33.0 Å². The van der Waals surface area contributed by atoms with Crippen LogP contribution in [0, 0.1) is 6.61 Å². The van der Waals surface area contributed by atoms with Crippen LogP contribution < -0.4 is 0 Å². The maximum atomic E-state index is 5.28. The van der Waals surface area contributed by atoms with Crippen molar-refractivity contribution >= 4 is 0 Å². The van der Waals surface area contributed by atoms with Crippen LogP contribution in [0.25, 0.3) is 0 Å². The van der Waals surface area contributed by atoms with Gasteiger partial charge in [-0.1, -0.05) is 13.3 Å². The highest BCUT2D eigenvalue weighted by atomic mass is 16.6.